The van der Waals surface area contributed by atoms with E-state index in [1.165, 1.54) is 0 Å². The van der Waals surface area contributed by atoms with Crippen molar-refractivity contribution in [1.29, 1.82) is 0 Å². The molecule has 2 aromatic carbocycles. The number of benzene rings is 2. The Morgan fingerprint density at radius 3 is 2.54 bits per heavy atom. The molecule has 1 atom stereocenters. The van der Waals surface area contributed by atoms with E-state index in [2.05, 4.69) is 10.6 Å². The second kappa shape index (κ2) is 12.0. The molecule has 0 aromatic heterocycles. The number of anilines is 2. The van der Waals surface area contributed by atoms with Crippen molar-refractivity contribution >= 4 is 43.9 Å². The van der Waals surface area contributed by atoms with Crippen LogP contribution in [0, 0.1) is 0 Å². The van der Waals surface area contributed by atoms with Crippen molar-refractivity contribution < 1.29 is 18.0 Å². The Bertz CT molecular complexity index is 1460. The van der Waals surface area contributed by atoms with Gasteiger partial charge in [0.15, 0.2) is 0 Å². The lowest BCUT2D eigenvalue weighted by atomic mass is 9.91. The van der Waals surface area contributed by atoms with E-state index in [1.807, 2.05) is 67.6 Å². The number of aryl methyl sites for hydroxylation is 1. The van der Waals surface area contributed by atoms with Crippen LogP contribution < -0.4 is 21.3 Å². The number of carbonyl (C=O) groups excluding carboxylic acids is 2. The lowest BCUT2D eigenvalue weighted by Gasteiger charge is -2.29. The highest BCUT2D eigenvalue weighted by Gasteiger charge is 2.33. The Labute approximate surface area is 231 Å². The number of hydrogen-bond donors (Lipinski definition) is 3. The summed E-state index contributed by atoms with van der Waals surface area (Å²) in [6, 6.07) is 14.6. The first kappa shape index (κ1) is 28.3. The third kappa shape index (κ3) is 6.85. The number of nitrogens with one attached hydrogen (secondary N) is 2. The van der Waals surface area contributed by atoms with Gasteiger partial charge in [-0.25, -0.2) is 0 Å². The van der Waals surface area contributed by atoms with E-state index >= 15 is 0 Å². The van der Waals surface area contributed by atoms with E-state index in [0.29, 0.717) is 25.0 Å². The zero-order valence-electron chi connectivity index (χ0n) is 22.7. The predicted octanol–water partition coefficient (Wildman–Crippen LogP) is 3.48. The molecule has 2 aromatic rings. The molecule has 1 aliphatic carbocycles. The number of nitrogens with two attached hydrogens (primary N) is 1. The molecular formula is C30H36N4O4S. The van der Waals surface area contributed by atoms with Crippen molar-refractivity contribution in [3.05, 3.63) is 77.4 Å². The van der Waals surface area contributed by atoms with Crippen molar-refractivity contribution in [2.75, 3.05) is 23.3 Å². The fourth-order valence-corrected chi connectivity index (χ4v) is 5.75. The molecule has 0 unspecified atom stereocenters. The smallest absolute Gasteiger partial charge is 0.249 e. The fraction of sp³-hybridized carbons (Fsp3) is 0.367. The SMILES string of the molecule is CCNc1ccccc1C1=CC=C(CN2C(=O)[C@H](NC(=O)CC(C)(C)N)CCc3ccccc32)CC1=S(=O)=O. The van der Waals surface area contributed by atoms with Gasteiger partial charge in [0.1, 0.15) is 6.04 Å². The van der Waals surface area contributed by atoms with Gasteiger partial charge in [0.05, 0.1) is 4.86 Å². The molecule has 8 nitrogen and oxygen atoms in total. The van der Waals surface area contributed by atoms with E-state index in [4.69, 9.17) is 5.73 Å². The number of rotatable bonds is 8. The molecule has 206 valence electrons. The molecule has 1 heterocycles. The predicted molar refractivity (Wildman–Crippen MR) is 157 cm³/mol. The van der Waals surface area contributed by atoms with E-state index in [1.54, 1.807) is 18.7 Å². The summed E-state index contributed by atoms with van der Waals surface area (Å²) >= 11 is 0. The summed E-state index contributed by atoms with van der Waals surface area (Å²) in [5, 5.41) is 6.19. The maximum Gasteiger partial charge on any atom is 0.249 e. The normalized spacial score (nSPS) is 17.5. The number of amides is 2. The number of fused-ring (bicyclic) bond motifs is 1. The van der Waals surface area contributed by atoms with Crippen LogP contribution in [0.4, 0.5) is 11.4 Å². The third-order valence-corrected chi connectivity index (χ3v) is 7.59. The number of carbonyl (C=O) groups is 2. The van der Waals surface area contributed by atoms with Gasteiger partial charge in [-0.1, -0.05) is 48.6 Å². The summed E-state index contributed by atoms with van der Waals surface area (Å²) in [5.74, 6) is -0.492. The number of nitrogens with zero attached hydrogens (tertiary/aromatic N) is 1. The molecule has 39 heavy (non-hydrogen) atoms. The molecule has 0 fully saturated rings. The molecule has 0 radical (unpaired) electrons. The zero-order valence-corrected chi connectivity index (χ0v) is 23.5. The van der Waals surface area contributed by atoms with E-state index < -0.39 is 21.9 Å². The highest BCUT2D eigenvalue weighted by Crippen LogP contribution is 2.32. The first-order chi connectivity index (χ1) is 18.6. The van der Waals surface area contributed by atoms with Crippen molar-refractivity contribution in [1.82, 2.24) is 5.32 Å². The maximum atomic E-state index is 13.8. The molecule has 0 saturated heterocycles. The lowest BCUT2D eigenvalue weighted by molar-refractivity contribution is -0.128. The summed E-state index contributed by atoms with van der Waals surface area (Å²) in [6.45, 7) is 6.45. The van der Waals surface area contributed by atoms with Gasteiger partial charge in [-0.2, -0.15) is 8.42 Å². The fourth-order valence-electron chi connectivity index (χ4n) is 5.09. The Kier molecular flexibility index (Phi) is 8.72. The van der Waals surface area contributed by atoms with Gasteiger partial charge < -0.3 is 21.3 Å². The monoisotopic (exact) mass is 548 g/mol. The number of hydrogen-bond acceptors (Lipinski definition) is 6. The van der Waals surface area contributed by atoms with Crippen LogP contribution in [0.25, 0.3) is 5.57 Å². The second-order valence-corrected chi connectivity index (χ2v) is 11.7. The quantitative estimate of drug-likeness (QED) is 0.435. The summed E-state index contributed by atoms with van der Waals surface area (Å²) in [4.78, 5) is 28.4. The third-order valence-electron chi connectivity index (χ3n) is 6.82. The van der Waals surface area contributed by atoms with Crippen LogP contribution in [0.5, 0.6) is 0 Å². The van der Waals surface area contributed by atoms with E-state index in [9.17, 15) is 18.0 Å². The average Bonchev–Trinajstić information content (AvgIpc) is 3.00. The summed E-state index contributed by atoms with van der Waals surface area (Å²) in [6.07, 6.45) is 5.10. The van der Waals surface area contributed by atoms with Crippen LogP contribution in [0.2, 0.25) is 0 Å². The van der Waals surface area contributed by atoms with Gasteiger partial charge in [0.2, 0.25) is 22.1 Å². The summed E-state index contributed by atoms with van der Waals surface area (Å²) in [5.41, 5.74) is 10.2. The standard InChI is InChI=1S/C30H36N4O4S/c1-4-32-24-11-7-6-10-22(24)23-15-13-20(17-27(23)39(37)38)19-34-26-12-8-5-9-21(26)14-16-25(29(34)36)33-28(35)18-30(2,3)31/h5-13,15,25,32H,4,14,16-19,31H2,1-3H3,(H,33,35)/t25-/m1/s1. The van der Waals surface area contributed by atoms with E-state index in [0.717, 1.165) is 28.1 Å². The molecule has 0 spiro atoms. The maximum absolute atomic E-state index is 13.8. The van der Waals surface area contributed by atoms with Crippen molar-refractivity contribution in [3.8, 4) is 0 Å². The highest BCUT2D eigenvalue weighted by atomic mass is 32.2. The Morgan fingerprint density at radius 1 is 1.10 bits per heavy atom. The largest absolute Gasteiger partial charge is 0.385 e. The number of para-hydroxylation sites is 2. The lowest BCUT2D eigenvalue weighted by Crippen LogP contribution is -2.50. The molecule has 0 saturated carbocycles. The second-order valence-electron chi connectivity index (χ2n) is 10.7. The van der Waals surface area contributed by atoms with Gasteiger partial charge in [-0.15, -0.1) is 0 Å². The first-order valence-corrected chi connectivity index (χ1v) is 14.3. The minimum absolute atomic E-state index is 0.102. The van der Waals surface area contributed by atoms with Crippen molar-refractivity contribution in [3.63, 3.8) is 0 Å². The highest BCUT2D eigenvalue weighted by molar-refractivity contribution is 7.74. The Balaban J connectivity index is 1.67. The minimum Gasteiger partial charge on any atom is -0.385 e. The average molecular weight is 549 g/mol. The Hall–Kier alpha value is -3.69. The van der Waals surface area contributed by atoms with Gasteiger partial charge in [-0.3, -0.25) is 9.59 Å². The van der Waals surface area contributed by atoms with Gasteiger partial charge in [0.25, 0.3) is 0 Å². The molecule has 4 N–H and O–H groups in total. The topological polar surface area (TPSA) is 122 Å². The van der Waals surface area contributed by atoms with Crippen molar-refractivity contribution in [2.45, 2.75) is 58.0 Å². The zero-order chi connectivity index (χ0) is 28.2. The minimum atomic E-state index is -2.45. The summed E-state index contributed by atoms with van der Waals surface area (Å²) < 4.78 is 24.8. The van der Waals surface area contributed by atoms with Crippen LogP contribution in [-0.4, -0.2) is 49.8 Å². The number of allylic oxidation sites excluding steroid dienone is 3. The van der Waals surface area contributed by atoms with Gasteiger partial charge in [0, 0.05) is 54.0 Å². The molecule has 1 aliphatic heterocycles. The molecule has 2 amide bonds. The van der Waals surface area contributed by atoms with Crippen molar-refractivity contribution in [2.24, 2.45) is 5.73 Å². The molecular weight excluding hydrogens is 512 g/mol. The van der Waals surface area contributed by atoms with Gasteiger partial charge >= 0.3 is 0 Å². The van der Waals surface area contributed by atoms with Gasteiger partial charge in [-0.05, 0) is 56.9 Å². The summed E-state index contributed by atoms with van der Waals surface area (Å²) in [7, 11) is -2.45. The van der Waals surface area contributed by atoms with Crippen LogP contribution in [0.15, 0.2) is 66.3 Å². The van der Waals surface area contributed by atoms with Crippen LogP contribution in [0.1, 0.15) is 51.2 Å². The van der Waals surface area contributed by atoms with Crippen LogP contribution >= 0.6 is 0 Å². The molecule has 4 rings (SSSR count). The molecule has 0 bridgehead atoms. The van der Waals surface area contributed by atoms with Crippen LogP contribution in [0.3, 0.4) is 0 Å². The van der Waals surface area contributed by atoms with E-state index in [-0.39, 0.29) is 36.1 Å². The van der Waals surface area contributed by atoms with Crippen LogP contribution in [-0.2, 0) is 26.3 Å². The molecule has 2 aliphatic rings. The first-order valence-electron chi connectivity index (χ1n) is 13.2. The molecule has 9 heteroatoms. The Morgan fingerprint density at radius 2 is 1.82 bits per heavy atom.